The van der Waals surface area contributed by atoms with Crippen LogP contribution in [0.5, 0.6) is 0 Å². The Morgan fingerprint density at radius 2 is 1.50 bits per heavy atom. The monoisotopic (exact) mass is 258 g/mol. The van der Waals surface area contributed by atoms with Crippen LogP contribution < -0.4 is 0 Å². The van der Waals surface area contributed by atoms with Crippen LogP contribution in [0.3, 0.4) is 0 Å². The van der Waals surface area contributed by atoms with Gasteiger partial charge in [-0.05, 0) is 33.6 Å². The highest BCUT2D eigenvalue weighted by molar-refractivity contribution is 5.95. The Labute approximate surface area is 108 Å². The molecule has 0 saturated carbocycles. The van der Waals surface area contributed by atoms with Crippen LogP contribution >= 0.6 is 0 Å². The number of unbranched alkanes of at least 4 members (excludes halogenated alkanes) is 1. The van der Waals surface area contributed by atoms with Crippen LogP contribution in [-0.4, -0.2) is 30.4 Å². The number of hydrogen-bond acceptors (Lipinski definition) is 5. The molecule has 0 aromatic rings. The largest absolute Gasteiger partial charge is 0.469 e. The predicted molar refractivity (Wildman–Crippen MR) is 66.0 cm³/mol. The quantitative estimate of drug-likeness (QED) is 0.397. The molecule has 0 saturated heterocycles. The Morgan fingerprint density at radius 1 is 0.944 bits per heavy atom. The SMILES string of the molecule is COC(=O)CC(=O)CCCCC(=O)OC(C)(C)C. The number of Topliss-reactive ketones (excluding diaryl/α,β-unsaturated/α-hetero) is 1. The fraction of sp³-hybridized carbons (Fsp3) is 0.769. The van der Waals surface area contributed by atoms with Gasteiger partial charge in [-0.15, -0.1) is 0 Å². The first-order valence-electron chi connectivity index (χ1n) is 6.05. The lowest BCUT2D eigenvalue weighted by atomic mass is 10.1. The lowest BCUT2D eigenvalue weighted by Crippen LogP contribution is -2.23. The average Bonchev–Trinajstić information content (AvgIpc) is 2.21. The highest BCUT2D eigenvalue weighted by Gasteiger charge is 2.16. The maximum Gasteiger partial charge on any atom is 0.313 e. The van der Waals surface area contributed by atoms with Gasteiger partial charge in [0, 0.05) is 12.8 Å². The number of hydrogen-bond donors (Lipinski definition) is 0. The predicted octanol–water partition coefficient (Wildman–Crippen LogP) is 2.02. The number of carbonyl (C=O) groups excluding carboxylic acids is 3. The Kier molecular flexibility index (Phi) is 7.24. The molecule has 0 unspecified atom stereocenters. The minimum atomic E-state index is -0.521. The summed E-state index contributed by atoms with van der Waals surface area (Å²) < 4.78 is 9.52. The normalized spacial score (nSPS) is 10.9. The van der Waals surface area contributed by atoms with Crippen LogP contribution in [0.15, 0.2) is 0 Å². The number of ether oxygens (including phenoxy) is 2. The van der Waals surface area contributed by atoms with Crippen molar-refractivity contribution in [3.8, 4) is 0 Å². The third kappa shape index (κ3) is 9.81. The third-order valence-electron chi connectivity index (χ3n) is 2.08. The summed E-state index contributed by atoms with van der Waals surface area (Å²) in [6, 6.07) is 0. The fourth-order valence-corrected chi connectivity index (χ4v) is 1.31. The number of esters is 2. The molecule has 0 rings (SSSR count). The molecule has 0 radical (unpaired) electrons. The van der Waals surface area contributed by atoms with Gasteiger partial charge in [0.15, 0.2) is 0 Å². The standard InChI is InChI=1S/C13H22O5/c1-13(2,3)18-11(15)8-6-5-7-10(14)9-12(16)17-4/h5-9H2,1-4H3. The van der Waals surface area contributed by atoms with E-state index < -0.39 is 11.6 Å². The molecule has 5 nitrogen and oxygen atoms in total. The van der Waals surface area contributed by atoms with Crippen molar-refractivity contribution in [1.82, 2.24) is 0 Å². The van der Waals surface area contributed by atoms with Gasteiger partial charge >= 0.3 is 11.9 Å². The minimum absolute atomic E-state index is 0.161. The lowest BCUT2D eigenvalue weighted by Gasteiger charge is -2.19. The van der Waals surface area contributed by atoms with E-state index in [1.165, 1.54) is 7.11 Å². The maximum atomic E-state index is 11.3. The molecular formula is C13H22O5. The van der Waals surface area contributed by atoms with Crippen LogP contribution in [-0.2, 0) is 23.9 Å². The molecule has 0 atom stereocenters. The Hall–Kier alpha value is -1.39. The van der Waals surface area contributed by atoms with Crippen LogP contribution in [0.4, 0.5) is 0 Å². The second-order valence-electron chi connectivity index (χ2n) is 5.09. The molecule has 5 heteroatoms. The molecule has 0 heterocycles. The van der Waals surface area contributed by atoms with E-state index in [-0.39, 0.29) is 24.6 Å². The summed E-state index contributed by atoms with van der Waals surface area (Å²) in [6.07, 6.45) is 1.56. The van der Waals surface area contributed by atoms with Gasteiger partial charge < -0.3 is 9.47 Å². The topological polar surface area (TPSA) is 69.7 Å². The number of rotatable bonds is 7. The fourth-order valence-electron chi connectivity index (χ4n) is 1.31. The van der Waals surface area contributed by atoms with Gasteiger partial charge in [0.1, 0.15) is 17.8 Å². The Bertz CT molecular complexity index is 301. The van der Waals surface area contributed by atoms with Crippen molar-refractivity contribution >= 4 is 17.7 Å². The summed E-state index contributed by atoms with van der Waals surface area (Å²) in [7, 11) is 1.25. The highest BCUT2D eigenvalue weighted by atomic mass is 16.6. The maximum absolute atomic E-state index is 11.3. The van der Waals surface area contributed by atoms with Crippen LogP contribution in [0.2, 0.25) is 0 Å². The molecule has 0 aromatic heterocycles. The molecule has 18 heavy (non-hydrogen) atoms. The van der Waals surface area contributed by atoms with Crippen molar-refractivity contribution in [2.45, 2.75) is 58.5 Å². The highest BCUT2D eigenvalue weighted by Crippen LogP contribution is 2.11. The molecule has 0 aliphatic rings. The molecule has 0 aliphatic carbocycles. The zero-order valence-corrected chi connectivity index (χ0v) is 11.6. The van der Waals surface area contributed by atoms with E-state index in [2.05, 4.69) is 4.74 Å². The average molecular weight is 258 g/mol. The van der Waals surface area contributed by atoms with Crippen LogP contribution in [0.1, 0.15) is 52.9 Å². The summed E-state index contributed by atoms with van der Waals surface area (Å²) >= 11 is 0. The van der Waals surface area contributed by atoms with E-state index in [0.29, 0.717) is 19.3 Å². The molecule has 0 fully saturated rings. The summed E-state index contributed by atoms with van der Waals surface area (Å²) in [5.41, 5.74) is -0.474. The summed E-state index contributed by atoms with van der Waals surface area (Å²) in [5, 5.41) is 0. The van der Waals surface area contributed by atoms with E-state index in [1.54, 1.807) is 0 Å². The van der Waals surface area contributed by atoms with Crippen molar-refractivity contribution in [2.24, 2.45) is 0 Å². The molecular weight excluding hydrogens is 236 g/mol. The molecule has 0 aliphatic heterocycles. The second-order valence-corrected chi connectivity index (χ2v) is 5.09. The number of ketones is 1. The van der Waals surface area contributed by atoms with E-state index in [1.807, 2.05) is 20.8 Å². The molecule has 104 valence electrons. The zero-order chi connectivity index (χ0) is 14.2. The first-order chi connectivity index (χ1) is 8.24. The van der Waals surface area contributed by atoms with Crippen molar-refractivity contribution in [2.75, 3.05) is 7.11 Å². The van der Waals surface area contributed by atoms with E-state index in [9.17, 15) is 14.4 Å². The summed E-state index contributed by atoms with van der Waals surface area (Å²) in [5.74, 6) is -0.943. The van der Waals surface area contributed by atoms with E-state index >= 15 is 0 Å². The zero-order valence-electron chi connectivity index (χ0n) is 11.6. The Balaban J connectivity index is 3.65. The van der Waals surface area contributed by atoms with Crippen molar-refractivity contribution < 1.29 is 23.9 Å². The molecule has 0 spiro atoms. The van der Waals surface area contributed by atoms with E-state index in [4.69, 9.17) is 4.74 Å². The smallest absolute Gasteiger partial charge is 0.313 e. The number of methoxy groups -OCH3 is 1. The van der Waals surface area contributed by atoms with Crippen molar-refractivity contribution in [1.29, 1.82) is 0 Å². The van der Waals surface area contributed by atoms with Crippen molar-refractivity contribution in [3.63, 3.8) is 0 Å². The van der Waals surface area contributed by atoms with Gasteiger partial charge in [0.05, 0.1) is 7.11 Å². The number of carbonyl (C=O) groups is 3. The summed E-state index contributed by atoms with van der Waals surface area (Å²) in [4.78, 5) is 33.4. The lowest BCUT2D eigenvalue weighted by molar-refractivity contribution is -0.155. The summed E-state index contributed by atoms with van der Waals surface area (Å²) in [6.45, 7) is 5.43. The molecule has 0 aromatic carbocycles. The van der Waals surface area contributed by atoms with Gasteiger partial charge in [-0.2, -0.15) is 0 Å². The first-order valence-corrected chi connectivity index (χ1v) is 6.05. The van der Waals surface area contributed by atoms with Crippen LogP contribution in [0, 0.1) is 0 Å². The van der Waals surface area contributed by atoms with Gasteiger partial charge in [-0.3, -0.25) is 14.4 Å². The molecule has 0 amide bonds. The van der Waals surface area contributed by atoms with Gasteiger partial charge in [-0.1, -0.05) is 0 Å². The Morgan fingerprint density at radius 3 is 2.00 bits per heavy atom. The molecule has 0 bridgehead atoms. The molecule has 0 N–H and O–H groups in total. The van der Waals surface area contributed by atoms with Gasteiger partial charge in [0.25, 0.3) is 0 Å². The minimum Gasteiger partial charge on any atom is -0.469 e. The first kappa shape index (κ1) is 16.6. The van der Waals surface area contributed by atoms with Crippen LogP contribution in [0.25, 0.3) is 0 Å². The van der Waals surface area contributed by atoms with E-state index in [0.717, 1.165) is 0 Å². The van der Waals surface area contributed by atoms with Gasteiger partial charge in [0.2, 0.25) is 0 Å². The van der Waals surface area contributed by atoms with Crippen molar-refractivity contribution in [3.05, 3.63) is 0 Å². The second kappa shape index (κ2) is 7.84. The van der Waals surface area contributed by atoms with Gasteiger partial charge in [-0.25, -0.2) is 0 Å². The third-order valence-corrected chi connectivity index (χ3v) is 2.08.